The van der Waals surface area contributed by atoms with Crippen molar-refractivity contribution in [2.45, 2.75) is 33.8 Å². The maximum atomic E-state index is 12.5. The summed E-state index contributed by atoms with van der Waals surface area (Å²) in [6.07, 6.45) is 0.0284. The molecule has 21 heavy (non-hydrogen) atoms. The fourth-order valence-electron chi connectivity index (χ4n) is 2.24. The summed E-state index contributed by atoms with van der Waals surface area (Å²) in [5.41, 5.74) is 1.24. The Morgan fingerprint density at radius 2 is 1.95 bits per heavy atom. The number of ether oxygens (including phenoxy) is 1. The molecular weight excluding hydrogens is 334 g/mol. The van der Waals surface area contributed by atoms with Gasteiger partial charge in [-0.25, -0.2) is 0 Å². The predicted octanol–water partition coefficient (Wildman–Crippen LogP) is 4.46. The van der Waals surface area contributed by atoms with E-state index in [2.05, 4.69) is 15.9 Å². The zero-order valence-corrected chi connectivity index (χ0v) is 14.4. The molecule has 0 aliphatic rings. The third-order valence-electron chi connectivity index (χ3n) is 3.23. The number of carbonyl (C=O) groups is 1. The zero-order valence-electron chi connectivity index (χ0n) is 12.8. The first-order valence-corrected chi connectivity index (χ1v) is 7.94. The van der Waals surface area contributed by atoms with Crippen LogP contribution in [-0.4, -0.2) is 30.0 Å². The van der Waals surface area contributed by atoms with Gasteiger partial charge in [-0.2, -0.15) is 0 Å². The fraction of sp³-hybridized carbons (Fsp3) is 0.438. The summed E-state index contributed by atoms with van der Waals surface area (Å²) in [7, 11) is 0. The molecule has 114 valence electrons. The predicted molar refractivity (Wildman–Crippen MR) is 86.9 cm³/mol. The molecule has 0 bridgehead atoms. The second kappa shape index (κ2) is 6.52. The number of fused-ring (bicyclic) bond motifs is 1. The van der Waals surface area contributed by atoms with Gasteiger partial charge in [-0.15, -0.1) is 0 Å². The molecule has 1 aromatic heterocycles. The van der Waals surface area contributed by atoms with Crippen molar-refractivity contribution in [2.75, 3.05) is 13.1 Å². The number of halogens is 1. The number of rotatable bonds is 5. The number of amides is 1. The van der Waals surface area contributed by atoms with Gasteiger partial charge in [-0.05, 0) is 55.8 Å². The molecule has 0 atom stereocenters. The standard InChI is InChI=1S/C16H20BrNO3/c1-5-18(6-2)16(19)11-7-13(20-10(3)4)12-9-15(17)21-14(12)8-11/h7-10H,5-6H2,1-4H3. The van der Waals surface area contributed by atoms with E-state index in [4.69, 9.17) is 9.15 Å². The van der Waals surface area contributed by atoms with E-state index in [0.717, 1.165) is 5.39 Å². The highest BCUT2D eigenvalue weighted by Crippen LogP contribution is 2.33. The van der Waals surface area contributed by atoms with Crippen molar-refractivity contribution in [3.05, 3.63) is 28.4 Å². The lowest BCUT2D eigenvalue weighted by molar-refractivity contribution is 0.0772. The largest absolute Gasteiger partial charge is 0.490 e. The molecule has 0 aliphatic carbocycles. The van der Waals surface area contributed by atoms with Gasteiger partial charge in [0.05, 0.1) is 11.5 Å². The van der Waals surface area contributed by atoms with Gasteiger partial charge in [-0.3, -0.25) is 4.79 Å². The molecule has 5 heteroatoms. The van der Waals surface area contributed by atoms with E-state index < -0.39 is 0 Å². The van der Waals surface area contributed by atoms with E-state index in [1.54, 1.807) is 17.0 Å². The normalized spacial score (nSPS) is 11.1. The number of furan rings is 1. The van der Waals surface area contributed by atoms with Crippen molar-refractivity contribution in [3.8, 4) is 5.75 Å². The van der Waals surface area contributed by atoms with E-state index in [0.29, 0.717) is 34.7 Å². The molecule has 0 saturated carbocycles. The summed E-state index contributed by atoms with van der Waals surface area (Å²) in [5, 5.41) is 0.867. The van der Waals surface area contributed by atoms with Crippen LogP contribution in [0.25, 0.3) is 11.0 Å². The third kappa shape index (κ3) is 3.40. The summed E-state index contributed by atoms with van der Waals surface area (Å²) >= 11 is 3.33. The van der Waals surface area contributed by atoms with Gasteiger partial charge in [-0.1, -0.05) is 0 Å². The highest BCUT2D eigenvalue weighted by atomic mass is 79.9. The van der Waals surface area contributed by atoms with Crippen LogP contribution >= 0.6 is 15.9 Å². The molecule has 1 heterocycles. The van der Waals surface area contributed by atoms with Crippen molar-refractivity contribution in [3.63, 3.8) is 0 Å². The third-order valence-corrected chi connectivity index (χ3v) is 3.62. The molecule has 0 N–H and O–H groups in total. The lowest BCUT2D eigenvalue weighted by Crippen LogP contribution is -2.30. The Morgan fingerprint density at radius 3 is 2.52 bits per heavy atom. The van der Waals surface area contributed by atoms with Crippen LogP contribution in [0.1, 0.15) is 38.1 Å². The van der Waals surface area contributed by atoms with Crippen molar-refractivity contribution in [2.24, 2.45) is 0 Å². The van der Waals surface area contributed by atoms with E-state index >= 15 is 0 Å². The van der Waals surface area contributed by atoms with Crippen LogP contribution < -0.4 is 4.74 Å². The summed E-state index contributed by atoms with van der Waals surface area (Å²) in [6, 6.07) is 5.43. The van der Waals surface area contributed by atoms with Crippen molar-refractivity contribution < 1.29 is 13.9 Å². The van der Waals surface area contributed by atoms with Crippen LogP contribution in [0.5, 0.6) is 5.75 Å². The number of hydrogen-bond acceptors (Lipinski definition) is 3. The van der Waals surface area contributed by atoms with E-state index in [9.17, 15) is 4.79 Å². The van der Waals surface area contributed by atoms with Gasteiger partial charge in [0.2, 0.25) is 0 Å². The molecule has 0 aliphatic heterocycles. The number of carbonyl (C=O) groups excluding carboxylic acids is 1. The average molecular weight is 354 g/mol. The highest BCUT2D eigenvalue weighted by molar-refractivity contribution is 9.10. The topological polar surface area (TPSA) is 42.7 Å². The molecule has 0 spiro atoms. The van der Waals surface area contributed by atoms with Crippen LogP contribution in [0, 0.1) is 0 Å². The highest BCUT2D eigenvalue weighted by Gasteiger charge is 2.18. The molecule has 1 aromatic carbocycles. The molecule has 0 radical (unpaired) electrons. The Labute approximate surface area is 133 Å². The number of nitrogens with zero attached hydrogens (tertiary/aromatic N) is 1. The fourth-order valence-corrected chi connectivity index (χ4v) is 2.65. The first kappa shape index (κ1) is 15.9. The second-order valence-corrected chi connectivity index (χ2v) is 5.86. The minimum absolute atomic E-state index is 0.0111. The van der Waals surface area contributed by atoms with Crippen LogP contribution in [0.15, 0.2) is 27.3 Å². The van der Waals surface area contributed by atoms with Crippen LogP contribution in [-0.2, 0) is 0 Å². The minimum Gasteiger partial charge on any atom is -0.490 e. The molecule has 4 nitrogen and oxygen atoms in total. The molecule has 2 rings (SSSR count). The maximum absolute atomic E-state index is 12.5. The summed E-state index contributed by atoms with van der Waals surface area (Å²) in [4.78, 5) is 14.3. The Hall–Kier alpha value is -1.49. The molecule has 0 saturated heterocycles. The number of hydrogen-bond donors (Lipinski definition) is 0. The average Bonchev–Trinajstić information content (AvgIpc) is 2.80. The van der Waals surface area contributed by atoms with Crippen LogP contribution in [0.3, 0.4) is 0 Å². The van der Waals surface area contributed by atoms with E-state index in [-0.39, 0.29) is 12.0 Å². The zero-order chi connectivity index (χ0) is 15.6. The first-order valence-electron chi connectivity index (χ1n) is 7.15. The molecule has 1 amide bonds. The second-order valence-electron chi connectivity index (χ2n) is 5.08. The quantitative estimate of drug-likeness (QED) is 0.796. The van der Waals surface area contributed by atoms with E-state index in [1.807, 2.05) is 33.8 Å². The van der Waals surface area contributed by atoms with Gasteiger partial charge < -0.3 is 14.1 Å². The Kier molecular flexibility index (Phi) is 4.93. The Morgan fingerprint density at radius 1 is 1.29 bits per heavy atom. The van der Waals surface area contributed by atoms with Gasteiger partial charge in [0.25, 0.3) is 5.91 Å². The number of benzene rings is 1. The minimum atomic E-state index is -0.0111. The molecule has 2 aromatic rings. The maximum Gasteiger partial charge on any atom is 0.254 e. The van der Waals surface area contributed by atoms with Crippen molar-refractivity contribution >= 4 is 32.8 Å². The van der Waals surface area contributed by atoms with Crippen LogP contribution in [0.2, 0.25) is 0 Å². The Balaban J connectivity index is 2.52. The lowest BCUT2D eigenvalue weighted by atomic mass is 10.1. The van der Waals surface area contributed by atoms with Crippen molar-refractivity contribution in [1.29, 1.82) is 0 Å². The van der Waals surface area contributed by atoms with Gasteiger partial charge >= 0.3 is 0 Å². The lowest BCUT2D eigenvalue weighted by Gasteiger charge is -2.19. The molecule has 0 fully saturated rings. The molecule has 0 unspecified atom stereocenters. The van der Waals surface area contributed by atoms with Gasteiger partial charge in [0.1, 0.15) is 11.3 Å². The first-order chi connectivity index (χ1) is 9.96. The smallest absolute Gasteiger partial charge is 0.254 e. The molecular formula is C16H20BrNO3. The summed E-state index contributed by atoms with van der Waals surface area (Å²) in [5.74, 6) is 0.662. The van der Waals surface area contributed by atoms with Gasteiger partial charge in [0, 0.05) is 24.7 Å². The summed E-state index contributed by atoms with van der Waals surface area (Å²) < 4.78 is 12.0. The van der Waals surface area contributed by atoms with Crippen molar-refractivity contribution in [1.82, 2.24) is 4.90 Å². The van der Waals surface area contributed by atoms with E-state index in [1.165, 1.54) is 0 Å². The van der Waals surface area contributed by atoms with Gasteiger partial charge in [0.15, 0.2) is 4.67 Å². The SMILES string of the molecule is CCN(CC)C(=O)c1cc(OC(C)C)c2cc(Br)oc2c1. The monoisotopic (exact) mass is 353 g/mol. The van der Waals surface area contributed by atoms with Crippen LogP contribution in [0.4, 0.5) is 0 Å². The Bertz CT molecular complexity index is 644. The summed E-state index contributed by atoms with van der Waals surface area (Å²) in [6.45, 7) is 9.20.